The number of hydrogen-bond acceptors (Lipinski definition) is 2. The molecule has 1 nitrogen and oxygen atoms in total. The van der Waals surface area contributed by atoms with Crippen molar-refractivity contribution in [1.82, 2.24) is 0 Å². The minimum absolute atomic E-state index is 0.356. The van der Waals surface area contributed by atoms with Crippen LogP contribution in [-0.4, -0.2) is 6.04 Å². The average Bonchev–Trinajstić information content (AvgIpc) is 3.00. The summed E-state index contributed by atoms with van der Waals surface area (Å²) >= 11 is 2.03. The van der Waals surface area contributed by atoms with Gasteiger partial charge in [0.15, 0.2) is 0 Å². The first-order valence-corrected chi connectivity index (χ1v) is 8.04. The van der Waals surface area contributed by atoms with Gasteiger partial charge in [-0.1, -0.05) is 27.7 Å². The Morgan fingerprint density at radius 2 is 1.67 bits per heavy atom. The lowest BCUT2D eigenvalue weighted by molar-refractivity contribution is 0.337. The lowest BCUT2D eigenvalue weighted by Gasteiger charge is -2.39. The van der Waals surface area contributed by atoms with E-state index in [4.69, 9.17) is 0 Å². The van der Waals surface area contributed by atoms with Crippen molar-refractivity contribution in [3.63, 3.8) is 0 Å². The predicted octanol–water partition coefficient (Wildman–Crippen LogP) is 4.98. The fraction of sp³-hybridized carbons (Fsp3) is 0.750. The third-order valence-electron chi connectivity index (χ3n) is 4.73. The molecule has 18 heavy (non-hydrogen) atoms. The van der Waals surface area contributed by atoms with E-state index < -0.39 is 0 Å². The molecule has 0 atom stereocenters. The second-order valence-electron chi connectivity index (χ2n) is 7.45. The molecular weight excluding hydrogens is 238 g/mol. The molecule has 0 amide bonds. The zero-order valence-corrected chi connectivity index (χ0v) is 13.1. The van der Waals surface area contributed by atoms with Gasteiger partial charge in [-0.2, -0.15) is 0 Å². The molecule has 0 aromatic carbocycles. The molecule has 1 heterocycles. The molecule has 0 spiro atoms. The van der Waals surface area contributed by atoms with E-state index in [1.54, 1.807) is 10.4 Å². The van der Waals surface area contributed by atoms with Crippen LogP contribution in [0.25, 0.3) is 0 Å². The Morgan fingerprint density at radius 3 is 2.22 bits per heavy atom. The van der Waals surface area contributed by atoms with Gasteiger partial charge < -0.3 is 5.32 Å². The van der Waals surface area contributed by atoms with Crippen molar-refractivity contribution in [3.05, 3.63) is 16.0 Å². The summed E-state index contributed by atoms with van der Waals surface area (Å²) in [5.74, 6) is 0. The first kappa shape index (κ1) is 12.5. The van der Waals surface area contributed by atoms with Gasteiger partial charge in [0.05, 0.1) is 5.00 Å². The second kappa shape index (κ2) is 3.75. The standard InChI is InChI=1S/C16H25NS/c1-10-12-13(18-14(10)17-11-6-7-11)16(4,5)9-8-15(12,2)3/h11,17H,6-9H2,1-5H3. The summed E-state index contributed by atoms with van der Waals surface area (Å²) in [5, 5.41) is 5.18. The van der Waals surface area contributed by atoms with E-state index in [0.717, 1.165) is 6.04 Å². The maximum atomic E-state index is 3.74. The Kier molecular flexibility index (Phi) is 2.61. The van der Waals surface area contributed by atoms with Crippen LogP contribution in [0.3, 0.4) is 0 Å². The lowest BCUT2D eigenvalue weighted by atomic mass is 9.66. The summed E-state index contributed by atoms with van der Waals surface area (Å²) in [5.41, 5.74) is 3.89. The van der Waals surface area contributed by atoms with Crippen molar-refractivity contribution in [2.45, 2.75) is 77.2 Å². The van der Waals surface area contributed by atoms with E-state index in [2.05, 4.69) is 39.9 Å². The highest BCUT2D eigenvalue weighted by Gasteiger charge is 2.41. The summed E-state index contributed by atoms with van der Waals surface area (Å²) in [6.45, 7) is 12.0. The van der Waals surface area contributed by atoms with Crippen LogP contribution in [0, 0.1) is 6.92 Å². The highest BCUT2D eigenvalue weighted by molar-refractivity contribution is 7.16. The maximum Gasteiger partial charge on any atom is 0.0920 e. The third-order valence-corrected chi connectivity index (χ3v) is 6.31. The molecule has 1 aromatic heterocycles. The molecule has 2 aliphatic rings. The first-order valence-electron chi connectivity index (χ1n) is 7.22. The Hall–Kier alpha value is -0.500. The van der Waals surface area contributed by atoms with E-state index >= 15 is 0 Å². The first-order chi connectivity index (χ1) is 8.31. The molecule has 1 aromatic rings. The van der Waals surface area contributed by atoms with Crippen molar-refractivity contribution in [1.29, 1.82) is 0 Å². The average molecular weight is 263 g/mol. The summed E-state index contributed by atoms with van der Waals surface area (Å²) in [6, 6.07) is 0.759. The normalized spacial score (nSPS) is 24.7. The molecule has 1 N–H and O–H groups in total. The minimum atomic E-state index is 0.356. The number of fused-ring (bicyclic) bond motifs is 1. The number of anilines is 1. The molecule has 0 saturated heterocycles. The summed E-state index contributed by atoms with van der Waals surface area (Å²) in [4.78, 5) is 1.64. The third kappa shape index (κ3) is 1.89. The van der Waals surface area contributed by atoms with Crippen molar-refractivity contribution >= 4 is 16.3 Å². The van der Waals surface area contributed by atoms with E-state index in [1.807, 2.05) is 11.3 Å². The highest BCUT2D eigenvalue weighted by Crippen LogP contribution is 2.53. The van der Waals surface area contributed by atoms with Gasteiger partial charge in [0.1, 0.15) is 0 Å². The van der Waals surface area contributed by atoms with Gasteiger partial charge in [0, 0.05) is 10.9 Å². The van der Waals surface area contributed by atoms with Gasteiger partial charge in [-0.3, -0.25) is 0 Å². The van der Waals surface area contributed by atoms with Crippen LogP contribution >= 0.6 is 11.3 Å². The van der Waals surface area contributed by atoms with E-state index in [-0.39, 0.29) is 0 Å². The highest BCUT2D eigenvalue weighted by atomic mass is 32.1. The Bertz CT molecular complexity index is 478. The molecule has 0 unspecified atom stereocenters. The van der Waals surface area contributed by atoms with Crippen LogP contribution in [-0.2, 0) is 10.8 Å². The van der Waals surface area contributed by atoms with Crippen LogP contribution in [0.15, 0.2) is 0 Å². The van der Waals surface area contributed by atoms with Gasteiger partial charge in [-0.05, 0) is 54.6 Å². The lowest BCUT2D eigenvalue weighted by Crippen LogP contribution is -2.32. The molecule has 0 aliphatic heterocycles. The van der Waals surface area contributed by atoms with Gasteiger partial charge in [0.2, 0.25) is 0 Å². The molecule has 2 aliphatic carbocycles. The second-order valence-corrected chi connectivity index (χ2v) is 8.47. The molecule has 1 saturated carbocycles. The van der Waals surface area contributed by atoms with Crippen LogP contribution in [0.2, 0.25) is 0 Å². The Balaban J connectivity index is 2.09. The summed E-state index contributed by atoms with van der Waals surface area (Å²) in [6.07, 6.45) is 5.34. The number of hydrogen-bond donors (Lipinski definition) is 1. The van der Waals surface area contributed by atoms with Crippen LogP contribution in [0.1, 0.15) is 69.4 Å². The molecular formula is C16H25NS. The molecule has 3 rings (SSSR count). The maximum absolute atomic E-state index is 3.74. The van der Waals surface area contributed by atoms with Crippen molar-refractivity contribution in [2.75, 3.05) is 5.32 Å². The molecule has 1 fully saturated rings. The topological polar surface area (TPSA) is 12.0 Å². The Labute approximate surface area is 115 Å². The van der Waals surface area contributed by atoms with Crippen molar-refractivity contribution in [3.8, 4) is 0 Å². The van der Waals surface area contributed by atoms with E-state index in [0.29, 0.717) is 10.8 Å². The summed E-state index contributed by atoms with van der Waals surface area (Å²) < 4.78 is 0. The largest absolute Gasteiger partial charge is 0.374 e. The number of rotatable bonds is 2. The van der Waals surface area contributed by atoms with Gasteiger partial charge >= 0.3 is 0 Å². The zero-order chi connectivity index (χ0) is 13.1. The van der Waals surface area contributed by atoms with Crippen LogP contribution < -0.4 is 5.32 Å². The van der Waals surface area contributed by atoms with Gasteiger partial charge in [-0.25, -0.2) is 0 Å². The SMILES string of the molecule is Cc1c(NC2CC2)sc2c1C(C)(C)CCC2(C)C. The van der Waals surface area contributed by atoms with Crippen molar-refractivity contribution in [2.24, 2.45) is 0 Å². The Morgan fingerprint density at radius 1 is 1.06 bits per heavy atom. The fourth-order valence-electron chi connectivity index (χ4n) is 3.22. The fourth-order valence-corrected chi connectivity index (χ4v) is 4.81. The molecule has 0 bridgehead atoms. The van der Waals surface area contributed by atoms with Gasteiger partial charge in [0.25, 0.3) is 0 Å². The zero-order valence-electron chi connectivity index (χ0n) is 12.3. The van der Waals surface area contributed by atoms with Gasteiger partial charge in [-0.15, -0.1) is 11.3 Å². The molecule has 100 valence electrons. The number of nitrogens with one attached hydrogen (secondary N) is 1. The predicted molar refractivity (Wildman–Crippen MR) is 81.0 cm³/mol. The number of thiophene rings is 1. The summed E-state index contributed by atoms with van der Waals surface area (Å²) in [7, 11) is 0. The van der Waals surface area contributed by atoms with Crippen molar-refractivity contribution < 1.29 is 0 Å². The smallest absolute Gasteiger partial charge is 0.0920 e. The monoisotopic (exact) mass is 263 g/mol. The van der Waals surface area contributed by atoms with E-state index in [1.165, 1.54) is 36.2 Å². The van der Waals surface area contributed by atoms with Crippen LogP contribution in [0.5, 0.6) is 0 Å². The minimum Gasteiger partial charge on any atom is -0.374 e. The molecule has 0 radical (unpaired) electrons. The molecule has 2 heteroatoms. The van der Waals surface area contributed by atoms with E-state index in [9.17, 15) is 0 Å². The quantitative estimate of drug-likeness (QED) is 0.793. The van der Waals surface area contributed by atoms with Crippen LogP contribution in [0.4, 0.5) is 5.00 Å².